The SMILES string of the molecule is COc1c(Nc2cc(Nc3ccccn3)nc3[nH]n(C)c(=O)c23)cccc1-c1nnn(C)n1. The van der Waals surface area contributed by atoms with Crippen LogP contribution in [0.3, 0.4) is 0 Å². The highest BCUT2D eigenvalue weighted by Crippen LogP contribution is 2.37. The molecule has 0 aliphatic rings. The molecule has 3 N–H and O–H groups in total. The van der Waals surface area contributed by atoms with Crippen LogP contribution in [0.5, 0.6) is 5.75 Å². The molecule has 12 nitrogen and oxygen atoms in total. The minimum atomic E-state index is -0.213. The van der Waals surface area contributed by atoms with Crippen LogP contribution in [0.15, 0.2) is 53.5 Å². The van der Waals surface area contributed by atoms with Crippen molar-refractivity contribution in [2.45, 2.75) is 0 Å². The lowest BCUT2D eigenvalue weighted by Crippen LogP contribution is -2.12. The molecule has 4 heterocycles. The Hall–Kier alpha value is -4.74. The van der Waals surface area contributed by atoms with E-state index < -0.39 is 0 Å². The lowest BCUT2D eigenvalue weighted by Gasteiger charge is -2.15. The highest BCUT2D eigenvalue weighted by Gasteiger charge is 2.18. The fourth-order valence-corrected chi connectivity index (χ4v) is 3.52. The number of para-hydroxylation sites is 1. The van der Waals surface area contributed by atoms with Gasteiger partial charge in [-0.3, -0.25) is 14.6 Å². The van der Waals surface area contributed by atoms with Gasteiger partial charge in [0.1, 0.15) is 17.0 Å². The third kappa shape index (κ3) is 3.73. The molecule has 0 saturated carbocycles. The smallest absolute Gasteiger partial charge is 0.277 e. The predicted molar refractivity (Wildman–Crippen MR) is 123 cm³/mol. The molecular formula is C21H20N10O2. The predicted octanol–water partition coefficient (Wildman–Crippen LogP) is 2.34. The van der Waals surface area contributed by atoms with Crippen LogP contribution >= 0.6 is 0 Å². The zero-order valence-electron chi connectivity index (χ0n) is 18.1. The zero-order valence-corrected chi connectivity index (χ0v) is 18.1. The van der Waals surface area contributed by atoms with E-state index in [1.807, 2.05) is 36.4 Å². The van der Waals surface area contributed by atoms with Crippen LogP contribution in [0.4, 0.5) is 23.0 Å². The molecular weight excluding hydrogens is 424 g/mol. The summed E-state index contributed by atoms with van der Waals surface area (Å²) in [6.07, 6.45) is 1.68. The number of aromatic nitrogens is 8. The largest absolute Gasteiger partial charge is 0.494 e. The number of nitrogens with one attached hydrogen (secondary N) is 3. The van der Waals surface area contributed by atoms with Crippen molar-refractivity contribution in [1.82, 2.24) is 40.0 Å². The Labute approximate surface area is 187 Å². The second-order valence-electron chi connectivity index (χ2n) is 7.21. The Morgan fingerprint density at radius 2 is 1.91 bits per heavy atom. The number of hydrogen-bond donors (Lipinski definition) is 3. The third-order valence-corrected chi connectivity index (χ3v) is 4.97. The summed E-state index contributed by atoms with van der Waals surface area (Å²) in [5, 5.41) is 22.1. The average Bonchev–Trinajstić information content (AvgIpc) is 3.37. The fraction of sp³-hybridized carbons (Fsp3) is 0.143. The number of tetrazole rings is 1. The monoisotopic (exact) mass is 444 g/mol. The number of aromatic amines is 1. The first kappa shape index (κ1) is 20.2. The lowest BCUT2D eigenvalue weighted by molar-refractivity contribution is 0.418. The Kier molecular flexibility index (Phi) is 4.94. The van der Waals surface area contributed by atoms with Crippen molar-refractivity contribution in [3.8, 4) is 17.1 Å². The Bertz CT molecular complexity index is 1500. The standard InChI is InChI=1S/C21H20N10O2/c1-30-21(32)17-14(11-16(25-20(17)27-30)24-15-9-4-5-10-22-15)23-13-8-6-7-12(18(13)33-3)19-26-29-31(2)28-19/h4-11H,1-3H3,(H3,22,23,24,25,27). The summed E-state index contributed by atoms with van der Waals surface area (Å²) < 4.78 is 7.05. The van der Waals surface area contributed by atoms with Gasteiger partial charge in [-0.2, -0.15) is 4.80 Å². The van der Waals surface area contributed by atoms with Gasteiger partial charge in [-0.1, -0.05) is 12.1 Å². The molecule has 0 spiro atoms. The van der Waals surface area contributed by atoms with Crippen molar-refractivity contribution in [3.05, 3.63) is 59.0 Å². The second-order valence-corrected chi connectivity index (χ2v) is 7.21. The van der Waals surface area contributed by atoms with Gasteiger partial charge in [0.05, 0.1) is 31.1 Å². The number of fused-ring (bicyclic) bond motifs is 1. The van der Waals surface area contributed by atoms with Crippen LogP contribution < -0.4 is 20.9 Å². The first-order valence-corrected chi connectivity index (χ1v) is 9.99. The molecule has 5 aromatic rings. The Morgan fingerprint density at radius 1 is 1.03 bits per heavy atom. The molecule has 33 heavy (non-hydrogen) atoms. The average molecular weight is 444 g/mol. The van der Waals surface area contributed by atoms with Crippen molar-refractivity contribution < 1.29 is 4.74 Å². The third-order valence-electron chi connectivity index (χ3n) is 4.97. The molecule has 166 valence electrons. The number of rotatable bonds is 6. The normalized spacial score (nSPS) is 11.0. The number of ether oxygens (including phenoxy) is 1. The maximum Gasteiger partial charge on any atom is 0.277 e. The van der Waals surface area contributed by atoms with Gasteiger partial charge in [0.2, 0.25) is 5.82 Å². The lowest BCUT2D eigenvalue weighted by atomic mass is 10.1. The Morgan fingerprint density at radius 3 is 2.64 bits per heavy atom. The van der Waals surface area contributed by atoms with Gasteiger partial charge in [0, 0.05) is 19.3 Å². The molecule has 0 atom stereocenters. The topological polar surface area (TPSA) is 140 Å². The number of hydrogen-bond acceptors (Lipinski definition) is 9. The summed E-state index contributed by atoms with van der Waals surface area (Å²) in [7, 11) is 4.89. The molecule has 0 amide bonds. The highest BCUT2D eigenvalue weighted by atomic mass is 16.5. The van der Waals surface area contributed by atoms with Crippen molar-refractivity contribution >= 4 is 34.0 Å². The van der Waals surface area contributed by atoms with Gasteiger partial charge in [-0.25, -0.2) is 9.97 Å². The molecule has 0 aliphatic carbocycles. The van der Waals surface area contributed by atoms with Gasteiger partial charge < -0.3 is 15.4 Å². The minimum absolute atomic E-state index is 0.213. The van der Waals surface area contributed by atoms with Gasteiger partial charge >= 0.3 is 0 Å². The van der Waals surface area contributed by atoms with Crippen LogP contribution in [0, 0.1) is 0 Å². The quantitative estimate of drug-likeness (QED) is 0.360. The van der Waals surface area contributed by atoms with Crippen molar-refractivity contribution in [3.63, 3.8) is 0 Å². The number of pyridine rings is 2. The molecule has 1 aromatic carbocycles. The van der Waals surface area contributed by atoms with E-state index in [9.17, 15) is 4.79 Å². The maximum absolute atomic E-state index is 12.8. The maximum atomic E-state index is 12.8. The van der Waals surface area contributed by atoms with E-state index in [2.05, 4.69) is 41.1 Å². The van der Waals surface area contributed by atoms with E-state index in [1.54, 1.807) is 33.5 Å². The van der Waals surface area contributed by atoms with Crippen molar-refractivity contribution in [2.75, 3.05) is 17.7 Å². The molecule has 12 heteroatoms. The van der Waals surface area contributed by atoms with E-state index in [4.69, 9.17) is 4.74 Å². The van der Waals surface area contributed by atoms with Crippen LogP contribution in [0.1, 0.15) is 0 Å². The van der Waals surface area contributed by atoms with E-state index in [-0.39, 0.29) is 5.56 Å². The number of aryl methyl sites for hydroxylation is 2. The van der Waals surface area contributed by atoms with E-state index in [0.29, 0.717) is 51.2 Å². The fourth-order valence-electron chi connectivity index (χ4n) is 3.52. The van der Waals surface area contributed by atoms with Crippen LogP contribution in [0.25, 0.3) is 22.4 Å². The number of anilines is 4. The second kappa shape index (κ2) is 8.07. The first-order valence-electron chi connectivity index (χ1n) is 9.99. The zero-order chi connectivity index (χ0) is 22.9. The molecule has 0 fully saturated rings. The summed E-state index contributed by atoms with van der Waals surface area (Å²) in [5.74, 6) is 2.08. The number of H-pyrrole nitrogens is 1. The number of methoxy groups -OCH3 is 1. The van der Waals surface area contributed by atoms with Gasteiger partial charge in [0.25, 0.3) is 5.56 Å². The van der Waals surface area contributed by atoms with E-state index in [0.717, 1.165) is 0 Å². The van der Waals surface area contributed by atoms with Crippen LogP contribution in [-0.4, -0.2) is 47.1 Å². The summed E-state index contributed by atoms with van der Waals surface area (Å²) in [6, 6.07) is 12.8. The molecule has 0 unspecified atom stereocenters. The highest BCUT2D eigenvalue weighted by molar-refractivity contribution is 5.94. The minimum Gasteiger partial charge on any atom is -0.494 e. The summed E-state index contributed by atoms with van der Waals surface area (Å²) >= 11 is 0. The van der Waals surface area contributed by atoms with E-state index in [1.165, 1.54) is 9.48 Å². The van der Waals surface area contributed by atoms with Gasteiger partial charge in [-0.05, 0) is 29.5 Å². The van der Waals surface area contributed by atoms with Crippen molar-refractivity contribution in [1.29, 1.82) is 0 Å². The molecule has 0 radical (unpaired) electrons. The molecule has 0 saturated heterocycles. The molecule has 0 aliphatic heterocycles. The summed E-state index contributed by atoms with van der Waals surface area (Å²) in [5.41, 5.74) is 2.05. The number of nitrogens with zero attached hydrogens (tertiary/aromatic N) is 7. The Balaban J connectivity index is 1.62. The molecule has 5 rings (SSSR count). The van der Waals surface area contributed by atoms with Gasteiger partial charge in [0.15, 0.2) is 11.4 Å². The molecule has 4 aromatic heterocycles. The summed E-state index contributed by atoms with van der Waals surface area (Å²) in [6.45, 7) is 0. The van der Waals surface area contributed by atoms with Gasteiger partial charge in [-0.15, -0.1) is 10.2 Å². The number of benzene rings is 1. The van der Waals surface area contributed by atoms with Crippen molar-refractivity contribution in [2.24, 2.45) is 14.1 Å². The first-order chi connectivity index (χ1) is 16.0. The summed E-state index contributed by atoms with van der Waals surface area (Å²) in [4.78, 5) is 23.0. The van der Waals surface area contributed by atoms with E-state index >= 15 is 0 Å². The van der Waals surface area contributed by atoms with Crippen LogP contribution in [0.2, 0.25) is 0 Å². The van der Waals surface area contributed by atoms with Crippen LogP contribution in [-0.2, 0) is 14.1 Å². The molecule has 0 bridgehead atoms.